The number of nitrogens with zero attached hydrogens (tertiary/aromatic N) is 2. The van der Waals surface area contributed by atoms with E-state index in [0.29, 0.717) is 0 Å². The fraction of sp³-hybridized carbons (Fsp3) is 0.238. The van der Waals surface area contributed by atoms with Crippen molar-refractivity contribution in [2.24, 2.45) is 9.98 Å². The molecule has 0 amide bonds. The lowest BCUT2D eigenvalue weighted by Crippen LogP contribution is -2.07. The SMILES string of the molecule is C=C/C=C\C=C(/C=C)C(C)=NC(=NC(C)C)C1=CCC=CC=C1. The Bertz CT molecular complexity index is 633. The number of hydrogen-bond acceptors (Lipinski definition) is 1. The van der Waals surface area contributed by atoms with E-state index in [2.05, 4.69) is 50.2 Å². The summed E-state index contributed by atoms with van der Waals surface area (Å²) in [7, 11) is 0. The molecule has 1 aliphatic rings. The monoisotopic (exact) mass is 306 g/mol. The van der Waals surface area contributed by atoms with E-state index in [1.54, 1.807) is 12.2 Å². The molecule has 0 saturated carbocycles. The lowest BCUT2D eigenvalue weighted by Gasteiger charge is -2.08. The number of hydrogen-bond donors (Lipinski definition) is 0. The van der Waals surface area contributed by atoms with E-state index in [1.807, 2.05) is 37.3 Å². The molecule has 0 atom stereocenters. The van der Waals surface area contributed by atoms with E-state index < -0.39 is 0 Å². The molecule has 0 fully saturated rings. The molecule has 23 heavy (non-hydrogen) atoms. The van der Waals surface area contributed by atoms with Crippen LogP contribution in [0.5, 0.6) is 0 Å². The van der Waals surface area contributed by atoms with E-state index in [-0.39, 0.29) is 6.04 Å². The second kappa shape index (κ2) is 10.3. The van der Waals surface area contributed by atoms with Crippen LogP contribution in [0.3, 0.4) is 0 Å². The van der Waals surface area contributed by atoms with Gasteiger partial charge in [0.1, 0.15) is 0 Å². The average molecular weight is 306 g/mol. The molecule has 0 radical (unpaired) electrons. The number of aliphatic imine (C=N–C) groups is 2. The van der Waals surface area contributed by atoms with Crippen LogP contribution in [0.25, 0.3) is 0 Å². The molecule has 0 N–H and O–H groups in total. The van der Waals surface area contributed by atoms with Gasteiger partial charge in [0.05, 0.1) is 0 Å². The van der Waals surface area contributed by atoms with Crippen molar-refractivity contribution in [3.05, 3.63) is 85.1 Å². The molecular weight excluding hydrogens is 280 g/mol. The standard InChI is InChI=1S/C21H26N2/c1-6-8-11-14-19(7-2)18(5)23-21(22-17(3)4)20-15-12-9-10-13-16-20/h6-12,14-17H,1-2,13H2,3-5H3/b11-8-,19-14+,22-21?,23-18?. The van der Waals surface area contributed by atoms with Gasteiger partial charge >= 0.3 is 0 Å². The number of allylic oxidation sites excluding steroid dienone is 10. The highest BCUT2D eigenvalue weighted by Gasteiger charge is 2.07. The molecule has 2 nitrogen and oxygen atoms in total. The molecular formula is C21H26N2. The van der Waals surface area contributed by atoms with Gasteiger partial charge < -0.3 is 0 Å². The Morgan fingerprint density at radius 1 is 1.22 bits per heavy atom. The summed E-state index contributed by atoms with van der Waals surface area (Å²) in [5.74, 6) is 0.762. The molecule has 0 spiro atoms. The Morgan fingerprint density at radius 3 is 2.65 bits per heavy atom. The first-order chi connectivity index (χ1) is 11.1. The van der Waals surface area contributed by atoms with E-state index >= 15 is 0 Å². The topological polar surface area (TPSA) is 24.7 Å². The van der Waals surface area contributed by atoms with Crippen LogP contribution in [0.15, 0.2) is 95.0 Å². The molecule has 0 aromatic heterocycles. The predicted octanol–water partition coefficient (Wildman–Crippen LogP) is 5.55. The highest BCUT2D eigenvalue weighted by Crippen LogP contribution is 2.12. The Labute approximate surface area is 140 Å². The molecule has 2 heteroatoms. The molecule has 0 aromatic carbocycles. The van der Waals surface area contributed by atoms with Gasteiger partial charge in [-0.1, -0.05) is 73.9 Å². The minimum Gasteiger partial charge on any atom is -0.263 e. The van der Waals surface area contributed by atoms with Crippen LogP contribution in [0.2, 0.25) is 0 Å². The van der Waals surface area contributed by atoms with Crippen molar-refractivity contribution in [3.63, 3.8) is 0 Å². The summed E-state index contributed by atoms with van der Waals surface area (Å²) < 4.78 is 0. The van der Waals surface area contributed by atoms with E-state index in [4.69, 9.17) is 4.99 Å². The van der Waals surface area contributed by atoms with Crippen LogP contribution in [-0.4, -0.2) is 17.6 Å². The third-order valence-electron chi connectivity index (χ3n) is 3.07. The Kier molecular flexibility index (Phi) is 8.30. The van der Waals surface area contributed by atoms with Gasteiger partial charge in [-0.15, -0.1) is 0 Å². The zero-order valence-electron chi connectivity index (χ0n) is 14.4. The number of rotatable bonds is 6. The average Bonchev–Trinajstić information content (AvgIpc) is 2.79. The van der Waals surface area contributed by atoms with E-state index in [9.17, 15) is 0 Å². The third-order valence-corrected chi connectivity index (χ3v) is 3.07. The molecule has 0 saturated heterocycles. The fourth-order valence-corrected chi connectivity index (χ4v) is 1.96. The molecule has 0 bridgehead atoms. The lowest BCUT2D eigenvalue weighted by atomic mass is 10.1. The smallest absolute Gasteiger partial charge is 0.154 e. The number of amidine groups is 1. The highest BCUT2D eigenvalue weighted by molar-refractivity contribution is 6.13. The first kappa shape index (κ1) is 18.6. The van der Waals surface area contributed by atoms with Gasteiger partial charge in [-0.2, -0.15) is 0 Å². The highest BCUT2D eigenvalue weighted by atomic mass is 14.9. The minimum atomic E-state index is 0.184. The molecule has 1 rings (SSSR count). The van der Waals surface area contributed by atoms with Gasteiger partial charge in [-0.3, -0.25) is 4.99 Å². The zero-order chi connectivity index (χ0) is 17.1. The van der Waals surface area contributed by atoms with Gasteiger partial charge in [-0.25, -0.2) is 4.99 Å². The molecule has 120 valence electrons. The van der Waals surface area contributed by atoms with Crippen LogP contribution >= 0.6 is 0 Å². The van der Waals surface area contributed by atoms with Crippen molar-refractivity contribution in [2.45, 2.75) is 33.2 Å². The minimum absolute atomic E-state index is 0.184. The first-order valence-corrected chi connectivity index (χ1v) is 7.87. The maximum absolute atomic E-state index is 4.75. The second-order valence-electron chi connectivity index (χ2n) is 5.37. The summed E-state index contributed by atoms with van der Waals surface area (Å²) in [6.07, 6.45) is 20.6. The van der Waals surface area contributed by atoms with E-state index in [1.165, 1.54) is 0 Å². The van der Waals surface area contributed by atoms with Gasteiger partial charge in [0.25, 0.3) is 0 Å². The van der Waals surface area contributed by atoms with Crippen LogP contribution in [0.1, 0.15) is 27.2 Å². The van der Waals surface area contributed by atoms with Gasteiger partial charge in [0.15, 0.2) is 5.84 Å². The van der Waals surface area contributed by atoms with Crippen molar-refractivity contribution in [1.29, 1.82) is 0 Å². The normalized spacial score (nSPS) is 16.7. The van der Waals surface area contributed by atoms with Crippen molar-refractivity contribution in [3.8, 4) is 0 Å². The summed E-state index contributed by atoms with van der Waals surface area (Å²) in [6, 6.07) is 0.184. The molecule has 1 aliphatic carbocycles. The van der Waals surface area contributed by atoms with Crippen molar-refractivity contribution in [1.82, 2.24) is 0 Å². The third kappa shape index (κ3) is 6.88. The van der Waals surface area contributed by atoms with Crippen molar-refractivity contribution < 1.29 is 0 Å². The maximum atomic E-state index is 4.75. The van der Waals surface area contributed by atoms with Crippen LogP contribution in [0, 0.1) is 0 Å². The predicted molar refractivity (Wildman–Crippen MR) is 104 cm³/mol. The van der Waals surface area contributed by atoms with Gasteiger partial charge in [0.2, 0.25) is 0 Å². The maximum Gasteiger partial charge on any atom is 0.154 e. The van der Waals surface area contributed by atoms with Crippen LogP contribution in [0.4, 0.5) is 0 Å². The lowest BCUT2D eigenvalue weighted by molar-refractivity contribution is 0.834. The van der Waals surface area contributed by atoms with Crippen molar-refractivity contribution in [2.75, 3.05) is 0 Å². The summed E-state index contributed by atoms with van der Waals surface area (Å²) in [5.41, 5.74) is 2.91. The van der Waals surface area contributed by atoms with E-state index in [0.717, 1.165) is 29.1 Å². The Morgan fingerprint density at radius 2 is 2.00 bits per heavy atom. The zero-order valence-corrected chi connectivity index (χ0v) is 14.4. The quantitative estimate of drug-likeness (QED) is 0.349. The van der Waals surface area contributed by atoms with Crippen molar-refractivity contribution >= 4 is 11.5 Å². The largest absolute Gasteiger partial charge is 0.263 e. The van der Waals surface area contributed by atoms with Gasteiger partial charge in [-0.05, 0) is 32.8 Å². The Hall–Kier alpha value is -2.48. The second-order valence-corrected chi connectivity index (χ2v) is 5.37. The molecule has 0 unspecified atom stereocenters. The first-order valence-electron chi connectivity index (χ1n) is 7.87. The molecule has 0 aliphatic heterocycles. The summed E-state index contributed by atoms with van der Waals surface area (Å²) >= 11 is 0. The molecule has 0 aromatic rings. The molecule has 0 heterocycles. The summed E-state index contributed by atoms with van der Waals surface area (Å²) in [5, 5.41) is 0. The van der Waals surface area contributed by atoms with Gasteiger partial charge in [0, 0.05) is 17.3 Å². The van der Waals surface area contributed by atoms with Crippen LogP contribution in [-0.2, 0) is 0 Å². The summed E-state index contributed by atoms with van der Waals surface area (Å²) in [4.78, 5) is 9.43. The van der Waals surface area contributed by atoms with Crippen LogP contribution < -0.4 is 0 Å². The Balaban J connectivity index is 3.20. The summed E-state index contributed by atoms with van der Waals surface area (Å²) in [6.45, 7) is 13.6. The fourth-order valence-electron chi connectivity index (χ4n) is 1.96.